The van der Waals surface area contributed by atoms with E-state index in [4.69, 9.17) is 4.42 Å². The van der Waals surface area contributed by atoms with Gasteiger partial charge in [-0.05, 0) is 32.9 Å². The summed E-state index contributed by atoms with van der Waals surface area (Å²) in [5.41, 5.74) is 1.28. The van der Waals surface area contributed by atoms with Crippen molar-refractivity contribution < 1.29 is 4.42 Å². The molecular weight excluding hydrogens is 288 g/mol. The molecule has 0 bridgehead atoms. The molecule has 2 aromatic heterocycles. The fourth-order valence-electron chi connectivity index (χ4n) is 1.35. The third-order valence-corrected chi connectivity index (χ3v) is 3.73. The first-order valence-corrected chi connectivity index (χ1v) is 6.82. The number of aromatic nitrogens is 1. The van der Waals surface area contributed by atoms with Crippen LogP contribution in [0.4, 0.5) is 0 Å². The van der Waals surface area contributed by atoms with Gasteiger partial charge in [-0.1, -0.05) is 6.92 Å². The molecule has 5 heteroatoms. The monoisotopic (exact) mass is 300 g/mol. The summed E-state index contributed by atoms with van der Waals surface area (Å²) in [5, 5.41) is 5.43. The molecule has 0 aromatic carbocycles. The zero-order valence-corrected chi connectivity index (χ0v) is 11.4. The summed E-state index contributed by atoms with van der Waals surface area (Å²) in [5.74, 6) is 1.70. The lowest BCUT2D eigenvalue weighted by atomic mass is 10.3. The first kappa shape index (κ1) is 11.8. The van der Waals surface area contributed by atoms with E-state index in [1.807, 2.05) is 0 Å². The molecule has 0 radical (unpaired) electrons. The van der Waals surface area contributed by atoms with E-state index in [1.54, 1.807) is 17.5 Å². The number of rotatable bonds is 5. The van der Waals surface area contributed by atoms with Gasteiger partial charge in [0.1, 0.15) is 5.76 Å². The molecule has 2 rings (SSSR count). The highest BCUT2D eigenvalue weighted by Gasteiger charge is 2.02. The summed E-state index contributed by atoms with van der Waals surface area (Å²) in [4.78, 5) is 4.19. The lowest BCUT2D eigenvalue weighted by Gasteiger charge is -1.98. The van der Waals surface area contributed by atoms with Crippen LogP contribution < -0.4 is 5.32 Å². The molecular formula is C11H13BrN2OS. The molecule has 3 nitrogen and oxygen atoms in total. The van der Waals surface area contributed by atoms with Crippen LogP contribution >= 0.6 is 27.3 Å². The molecule has 0 unspecified atom stereocenters. The number of hydrogen-bond acceptors (Lipinski definition) is 4. The Kier molecular flexibility index (Phi) is 4.15. The Morgan fingerprint density at radius 1 is 1.50 bits per heavy atom. The average Bonchev–Trinajstić information content (AvgIpc) is 2.88. The highest BCUT2D eigenvalue weighted by atomic mass is 79.9. The fourth-order valence-corrected chi connectivity index (χ4v) is 2.55. The zero-order chi connectivity index (χ0) is 11.4. The molecule has 86 valence electrons. The lowest BCUT2D eigenvalue weighted by Crippen LogP contribution is -2.12. The Labute approximate surface area is 107 Å². The summed E-state index contributed by atoms with van der Waals surface area (Å²) in [6, 6.07) is 2.12. The van der Waals surface area contributed by atoms with Gasteiger partial charge in [0.2, 0.25) is 5.89 Å². The molecule has 16 heavy (non-hydrogen) atoms. The van der Waals surface area contributed by atoms with Crippen LogP contribution in [0.25, 0.3) is 0 Å². The predicted octanol–water partition coefficient (Wildman–Crippen LogP) is 3.35. The van der Waals surface area contributed by atoms with E-state index in [1.165, 1.54) is 5.56 Å². The van der Waals surface area contributed by atoms with Crippen LogP contribution in [0, 0.1) is 0 Å². The number of halogens is 1. The largest absolute Gasteiger partial charge is 0.444 e. The van der Waals surface area contributed by atoms with Crippen molar-refractivity contribution in [2.24, 2.45) is 0 Å². The first-order valence-electron chi connectivity index (χ1n) is 5.15. The average molecular weight is 301 g/mol. The molecule has 0 saturated carbocycles. The second-order valence-corrected chi connectivity index (χ2v) is 5.73. The molecule has 0 saturated heterocycles. The van der Waals surface area contributed by atoms with E-state index in [0.29, 0.717) is 6.54 Å². The molecule has 2 aromatic rings. The molecule has 1 N–H and O–H groups in total. The standard InChI is InChI=1S/C11H13BrN2OS/c1-2-9-5-14-11(15-9)6-13-4-8-3-10(12)16-7-8/h3,5,7,13H,2,4,6H2,1H3. The third-order valence-electron chi connectivity index (χ3n) is 2.18. The van der Waals surface area contributed by atoms with Gasteiger partial charge in [-0.2, -0.15) is 0 Å². The SMILES string of the molecule is CCc1cnc(CNCc2csc(Br)c2)o1. The van der Waals surface area contributed by atoms with Crippen molar-refractivity contribution >= 4 is 27.3 Å². The Hall–Kier alpha value is -0.650. The summed E-state index contributed by atoms with van der Waals surface area (Å²) in [7, 11) is 0. The Morgan fingerprint density at radius 3 is 3.00 bits per heavy atom. The maximum absolute atomic E-state index is 5.50. The van der Waals surface area contributed by atoms with Crippen LogP contribution in [0.2, 0.25) is 0 Å². The number of thiophene rings is 1. The highest BCUT2D eigenvalue weighted by Crippen LogP contribution is 2.20. The summed E-state index contributed by atoms with van der Waals surface area (Å²) in [6.07, 6.45) is 2.68. The summed E-state index contributed by atoms with van der Waals surface area (Å²) in [6.45, 7) is 3.57. The van der Waals surface area contributed by atoms with Crippen LogP contribution in [-0.2, 0) is 19.5 Å². The smallest absolute Gasteiger partial charge is 0.208 e. The molecule has 0 aliphatic carbocycles. The van der Waals surface area contributed by atoms with Crippen LogP contribution in [0.15, 0.2) is 25.8 Å². The maximum Gasteiger partial charge on any atom is 0.208 e. The van der Waals surface area contributed by atoms with Crippen molar-refractivity contribution in [2.45, 2.75) is 26.4 Å². The van der Waals surface area contributed by atoms with E-state index in [-0.39, 0.29) is 0 Å². The van der Waals surface area contributed by atoms with Gasteiger partial charge in [0.25, 0.3) is 0 Å². The minimum absolute atomic E-state index is 0.674. The molecule has 0 amide bonds. The minimum atomic E-state index is 0.674. The number of nitrogens with zero attached hydrogens (tertiary/aromatic N) is 1. The summed E-state index contributed by atoms with van der Waals surface area (Å²) < 4.78 is 6.66. The van der Waals surface area contributed by atoms with Gasteiger partial charge in [0.05, 0.1) is 16.5 Å². The van der Waals surface area contributed by atoms with Gasteiger partial charge < -0.3 is 9.73 Å². The van der Waals surface area contributed by atoms with Gasteiger partial charge >= 0.3 is 0 Å². The van der Waals surface area contributed by atoms with E-state index in [9.17, 15) is 0 Å². The van der Waals surface area contributed by atoms with Crippen molar-refractivity contribution in [2.75, 3.05) is 0 Å². The molecule has 0 atom stereocenters. The van der Waals surface area contributed by atoms with Gasteiger partial charge in [0, 0.05) is 13.0 Å². The normalized spacial score (nSPS) is 10.9. The number of nitrogens with one attached hydrogen (secondary N) is 1. The van der Waals surface area contributed by atoms with Gasteiger partial charge in [-0.3, -0.25) is 0 Å². The number of hydrogen-bond donors (Lipinski definition) is 1. The summed E-state index contributed by atoms with van der Waals surface area (Å²) >= 11 is 5.14. The van der Waals surface area contributed by atoms with E-state index >= 15 is 0 Å². The third kappa shape index (κ3) is 3.17. The van der Waals surface area contributed by atoms with Crippen LogP contribution in [-0.4, -0.2) is 4.98 Å². The molecule has 0 spiro atoms. The van der Waals surface area contributed by atoms with Gasteiger partial charge in [0.15, 0.2) is 0 Å². The Balaban J connectivity index is 1.79. The Bertz CT molecular complexity index is 452. The van der Waals surface area contributed by atoms with Gasteiger partial charge in [-0.15, -0.1) is 11.3 Å². The quantitative estimate of drug-likeness (QED) is 0.920. The van der Waals surface area contributed by atoms with Gasteiger partial charge in [-0.25, -0.2) is 4.98 Å². The second kappa shape index (κ2) is 5.61. The van der Waals surface area contributed by atoms with Crippen molar-refractivity contribution in [1.82, 2.24) is 10.3 Å². The fraction of sp³-hybridized carbons (Fsp3) is 0.364. The number of aryl methyl sites for hydroxylation is 1. The van der Waals surface area contributed by atoms with Crippen LogP contribution in [0.1, 0.15) is 24.1 Å². The second-order valence-electron chi connectivity index (χ2n) is 3.44. The van der Waals surface area contributed by atoms with E-state index in [2.05, 4.69) is 44.6 Å². The van der Waals surface area contributed by atoms with E-state index < -0.39 is 0 Å². The van der Waals surface area contributed by atoms with Crippen molar-refractivity contribution in [3.05, 3.63) is 38.6 Å². The predicted molar refractivity (Wildman–Crippen MR) is 68.4 cm³/mol. The minimum Gasteiger partial charge on any atom is -0.444 e. The van der Waals surface area contributed by atoms with Crippen LogP contribution in [0.5, 0.6) is 0 Å². The van der Waals surface area contributed by atoms with Crippen LogP contribution in [0.3, 0.4) is 0 Å². The Morgan fingerprint density at radius 2 is 2.38 bits per heavy atom. The first-order chi connectivity index (χ1) is 7.78. The zero-order valence-electron chi connectivity index (χ0n) is 9.00. The highest BCUT2D eigenvalue weighted by molar-refractivity contribution is 9.11. The van der Waals surface area contributed by atoms with Crippen molar-refractivity contribution in [1.29, 1.82) is 0 Å². The van der Waals surface area contributed by atoms with E-state index in [0.717, 1.165) is 28.4 Å². The lowest BCUT2D eigenvalue weighted by molar-refractivity contribution is 0.439. The van der Waals surface area contributed by atoms with Crippen molar-refractivity contribution in [3.63, 3.8) is 0 Å². The number of oxazole rings is 1. The maximum atomic E-state index is 5.50. The molecule has 2 heterocycles. The topological polar surface area (TPSA) is 38.1 Å². The molecule has 0 aliphatic rings. The molecule has 0 fully saturated rings. The molecule has 0 aliphatic heterocycles. The van der Waals surface area contributed by atoms with Crippen molar-refractivity contribution in [3.8, 4) is 0 Å².